The molecule has 0 atom stereocenters. The normalized spacial score (nSPS) is 10.9. The van der Waals surface area contributed by atoms with Crippen molar-refractivity contribution in [2.45, 2.75) is 46.4 Å². The van der Waals surface area contributed by atoms with Crippen LogP contribution < -0.4 is 5.32 Å². The molecule has 6 heteroatoms. The summed E-state index contributed by atoms with van der Waals surface area (Å²) < 4.78 is 10.6. The maximum atomic E-state index is 12.0. The monoisotopic (exact) mass is 386 g/mol. The minimum absolute atomic E-state index is 0. The van der Waals surface area contributed by atoms with Gasteiger partial charge in [-0.25, -0.2) is 9.59 Å². The van der Waals surface area contributed by atoms with Gasteiger partial charge in [0.2, 0.25) is 0 Å². The summed E-state index contributed by atoms with van der Waals surface area (Å²) in [7, 11) is 1.68. The number of aryl methyl sites for hydroxylation is 1. The Balaban J connectivity index is 0.00000420. The van der Waals surface area contributed by atoms with Crippen molar-refractivity contribution < 1.29 is 20.5 Å². The second-order valence-corrected chi connectivity index (χ2v) is 7.72. The van der Waals surface area contributed by atoms with Crippen LogP contribution in [-0.4, -0.2) is 29.7 Å². The molecule has 0 saturated heterocycles. The fourth-order valence-electron chi connectivity index (χ4n) is 2.36. The number of anilines is 1. The Bertz CT molecular complexity index is 799. The minimum Gasteiger partial charge on any atom is -0.444 e. The van der Waals surface area contributed by atoms with Gasteiger partial charge in [-0.05, 0) is 51.0 Å². The lowest BCUT2D eigenvalue weighted by Crippen LogP contribution is -2.33. The van der Waals surface area contributed by atoms with Gasteiger partial charge in [-0.15, -0.1) is 0 Å². The highest BCUT2D eigenvalue weighted by Crippen LogP contribution is 2.14. The number of nitrogens with zero attached hydrogens (tertiary/aromatic N) is 1. The molecule has 152 valence electrons. The zero-order chi connectivity index (χ0) is 20.7. The molecule has 0 aliphatic heterocycles. The average molecular weight is 386 g/mol. The van der Waals surface area contributed by atoms with Crippen LogP contribution in [0.1, 0.15) is 38.9 Å². The van der Waals surface area contributed by atoms with E-state index in [9.17, 15) is 9.59 Å². The molecule has 28 heavy (non-hydrogen) atoms. The van der Waals surface area contributed by atoms with Crippen LogP contribution in [0, 0.1) is 6.92 Å². The standard InChI is InChI=1S/C22H28N2O4.H2/c1-16-6-8-18(9-7-16)15-27-20(25)23-19-12-10-17(11-13-19)14-24(5)21(26)28-22(2,3)4;/h6-13H,14-15H2,1-5H3,(H,23,25);1H. The third-order valence-corrected chi connectivity index (χ3v) is 3.82. The summed E-state index contributed by atoms with van der Waals surface area (Å²) in [6.07, 6.45) is -0.895. The highest BCUT2D eigenvalue weighted by atomic mass is 16.6. The van der Waals surface area contributed by atoms with Crippen molar-refractivity contribution in [3.63, 3.8) is 0 Å². The number of nitrogens with one attached hydrogen (secondary N) is 1. The molecule has 2 aromatic carbocycles. The van der Waals surface area contributed by atoms with Gasteiger partial charge in [0.1, 0.15) is 12.2 Å². The van der Waals surface area contributed by atoms with Gasteiger partial charge < -0.3 is 14.4 Å². The van der Waals surface area contributed by atoms with Gasteiger partial charge in [-0.3, -0.25) is 5.32 Å². The molecule has 0 radical (unpaired) electrons. The first-order valence-corrected chi connectivity index (χ1v) is 9.15. The van der Waals surface area contributed by atoms with E-state index < -0.39 is 11.7 Å². The van der Waals surface area contributed by atoms with Gasteiger partial charge in [0.05, 0.1) is 0 Å². The highest BCUT2D eigenvalue weighted by molar-refractivity contribution is 5.84. The van der Waals surface area contributed by atoms with Crippen LogP contribution in [0.2, 0.25) is 0 Å². The van der Waals surface area contributed by atoms with Crippen molar-refractivity contribution >= 4 is 17.9 Å². The van der Waals surface area contributed by atoms with E-state index >= 15 is 0 Å². The van der Waals surface area contributed by atoms with Crippen LogP contribution in [0.4, 0.5) is 15.3 Å². The summed E-state index contributed by atoms with van der Waals surface area (Å²) in [6, 6.07) is 15.0. The molecule has 0 fully saturated rings. The van der Waals surface area contributed by atoms with Gasteiger partial charge >= 0.3 is 12.2 Å². The SMILES string of the molecule is Cc1ccc(COC(=O)Nc2ccc(CN(C)C(=O)OC(C)(C)C)cc2)cc1.[HH]. The molecule has 2 aromatic rings. The first-order chi connectivity index (χ1) is 13.1. The molecule has 0 saturated carbocycles. The summed E-state index contributed by atoms with van der Waals surface area (Å²) in [6.45, 7) is 8.12. The minimum atomic E-state index is -0.530. The number of benzene rings is 2. The topological polar surface area (TPSA) is 67.9 Å². The van der Waals surface area contributed by atoms with E-state index in [2.05, 4.69) is 5.32 Å². The molecule has 0 heterocycles. The molecular formula is C22H30N2O4. The van der Waals surface area contributed by atoms with Crippen LogP contribution in [0.25, 0.3) is 0 Å². The molecule has 6 nitrogen and oxygen atoms in total. The Hall–Kier alpha value is -3.02. The zero-order valence-electron chi connectivity index (χ0n) is 17.1. The summed E-state index contributed by atoms with van der Waals surface area (Å²) in [5.74, 6) is 0. The quantitative estimate of drug-likeness (QED) is 0.751. The maximum absolute atomic E-state index is 12.0. The van der Waals surface area contributed by atoms with Crippen molar-refractivity contribution in [1.82, 2.24) is 4.90 Å². The summed E-state index contributed by atoms with van der Waals surface area (Å²) in [5, 5.41) is 2.69. The molecule has 0 aliphatic rings. The Labute approximate surface area is 167 Å². The smallest absolute Gasteiger partial charge is 0.411 e. The van der Waals surface area contributed by atoms with Gasteiger partial charge in [-0.1, -0.05) is 42.0 Å². The zero-order valence-corrected chi connectivity index (χ0v) is 17.1. The fourth-order valence-corrected chi connectivity index (χ4v) is 2.36. The lowest BCUT2D eigenvalue weighted by atomic mass is 10.2. The van der Waals surface area contributed by atoms with Crippen molar-refractivity contribution in [3.05, 3.63) is 65.2 Å². The molecule has 2 amide bonds. The highest BCUT2D eigenvalue weighted by Gasteiger charge is 2.19. The van der Waals surface area contributed by atoms with Gasteiger partial charge in [-0.2, -0.15) is 0 Å². The van der Waals surface area contributed by atoms with Gasteiger partial charge in [0.15, 0.2) is 0 Å². The first-order valence-electron chi connectivity index (χ1n) is 9.15. The third kappa shape index (κ3) is 7.31. The number of rotatable bonds is 5. The predicted molar refractivity (Wildman–Crippen MR) is 111 cm³/mol. The molecule has 0 aliphatic carbocycles. The second kappa shape index (κ2) is 9.26. The summed E-state index contributed by atoms with van der Waals surface area (Å²) in [4.78, 5) is 25.5. The number of hydrogen-bond acceptors (Lipinski definition) is 4. The lowest BCUT2D eigenvalue weighted by molar-refractivity contribution is 0.0285. The molecule has 0 aromatic heterocycles. The fraction of sp³-hybridized carbons (Fsp3) is 0.364. The number of carbonyl (C=O) groups is 2. The van der Waals surface area contributed by atoms with Crippen LogP contribution >= 0.6 is 0 Å². The van der Waals surface area contributed by atoms with Crippen molar-refractivity contribution in [3.8, 4) is 0 Å². The van der Waals surface area contributed by atoms with E-state index in [1.54, 1.807) is 19.2 Å². The van der Waals surface area contributed by atoms with E-state index in [0.29, 0.717) is 12.2 Å². The van der Waals surface area contributed by atoms with Crippen LogP contribution in [-0.2, 0) is 22.6 Å². The molecule has 0 bridgehead atoms. The summed E-state index contributed by atoms with van der Waals surface area (Å²) in [5.41, 5.74) is 3.11. The third-order valence-electron chi connectivity index (χ3n) is 3.82. The number of carbonyl (C=O) groups excluding carboxylic acids is 2. The van der Waals surface area contributed by atoms with Crippen molar-refractivity contribution in [2.24, 2.45) is 0 Å². The molecule has 0 spiro atoms. The average Bonchev–Trinajstić information content (AvgIpc) is 2.61. The van der Waals surface area contributed by atoms with E-state index in [0.717, 1.165) is 16.7 Å². The summed E-state index contributed by atoms with van der Waals surface area (Å²) >= 11 is 0. The Morgan fingerprint density at radius 3 is 2.14 bits per heavy atom. The van der Waals surface area contributed by atoms with Gasteiger partial charge in [0, 0.05) is 20.7 Å². The van der Waals surface area contributed by atoms with E-state index in [1.165, 1.54) is 4.90 Å². The largest absolute Gasteiger partial charge is 0.444 e. The Morgan fingerprint density at radius 1 is 1.00 bits per heavy atom. The lowest BCUT2D eigenvalue weighted by Gasteiger charge is -2.24. The van der Waals surface area contributed by atoms with Gasteiger partial charge in [0.25, 0.3) is 0 Å². The van der Waals surface area contributed by atoms with Crippen LogP contribution in [0.15, 0.2) is 48.5 Å². The predicted octanol–water partition coefficient (Wildman–Crippen LogP) is 5.36. The molecule has 1 N–H and O–H groups in total. The Morgan fingerprint density at radius 2 is 1.57 bits per heavy atom. The van der Waals surface area contributed by atoms with E-state index in [4.69, 9.17) is 9.47 Å². The number of ether oxygens (including phenoxy) is 2. The van der Waals surface area contributed by atoms with E-state index in [1.807, 2.05) is 64.1 Å². The van der Waals surface area contributed by atoms with Crippen LogP contribution in [0.3, 0.4) is 0 Å². The first kappa shape index (κ1) is 21.3. The van der Waals surface area contributed by atoms with Crippen LogP contribution in [0.5, 0.6) is 0 Å². The van der Waals surface area contributed by atoms with E-state index in [-0.39, 0.29) is 14.1 Å². The second-order valence-electron chi connectivity index (χ2n) is 7.72. The molecule has 0 unspecified atom stereocenters. The Kier molecular flexibility index (Phi) is 7.04. The number of hydrogen-bond donors (Lipinski definition) is 1. The maximum Gasteiger partial charge on any atom is 0.411 e. The number of amides is 2. The van der Waals surface area contributed by atoms with Crippen molar-refractivity contribution in [2.75, 3.05) is 12.4 Å². The van der Waals surface area contributed by atoms with Crippen molar-refractivity contribution in [1.29, 1.82) is 0 Å². The molecule has 2 rings (SSSR count). The molecular weight excluding hydrogens is 356 g/mol.